The molecule has 1 N–H and O–H groups in total. The van der Waals surface area contributed by atoms with Gasteiger partial charge in [-0.05, 0) is 18.2 Å². The minimum Gasteiger partial charge on any atom is -0.381 e. The van der Waals surface area contributed by atoms with Crippen molar-refractivity contribution in [1.29, 1.82) is 0 Å². The summed E-state index contributed by atoms with van der Waals surface area (Å²) in [4.78, 5) is 9.92. The molecule has 3 heteroatoms. The lowest BCUT2D eigenvalue weighted by atomic mass is 10.1. The summed E-state index contributed by atoms with van der Waals surface area (Å²) in [6.07, 6.45) is 0.769. The van der Waals surface area contributed by atoms with E-state index >= 15 is 0 Å². The zero-order chi connectivity index (χ0) is 11.5. The van der Waals surface area contributed by atoms with Gasteiger partial charge in [-0.25, -0.2) is 10.5 Å². The largest absolute Gasteiger partial charge is 0.381 e. The molecule has 0 spiro atoms. The summed E-state index contributed by atoms with van der Waals surface area (Å²) in [5.74, 6) is 1.70. The van der Waals surface area contributed by atoms with Crippen molar-refractivity contribution in [3.05, 3.63) is 60.2 Å². The number of nitrogens with one attached hydrogen (secondary N) is 1. The Labute approximate surface area is 99.7 Å². The minimum atomic E-state index is 0.769. The maximum Gasteiger partial charge on any atom is 0.158 e. The van der Waals surface area contributed by atoms with Gasteiger partial charge < -0.3 is 4.84 Å². The molecular formula is C14H12N2O. The summed E-state index contributed by atoms with van der Waals surface area (Å²) in [5.41, 5.74) is 4.96. The molecule has 1 aliphatic rings. The fourth-order valence-corrected chi connectivity index (χ4v) is 1.80. The number of hydrogen-bond donors (Lipinski definition) is 1. The van der Waals surface area contributed by atoms with E-state index in [2.05, 4.69) is 16.5 Å². The number of fused-ring (bicyclic) bond motifs is 1. The molecule has 0 saturated heterocycles. The first kappa shape index (κ1) is 9.90. The second-order valence-corrected chi connectivity index (χ2v) is 3.88. The van der Waals surface area contributed by atoms with E-state index in [1.165, 1.54) is 0 Å². The Bertz CT molecular complexity index is 549. The summed E-state index contributed by atoms with van der Waals surface area (Å²) in [7, 11) is 0. The zero-order valence-electron chi connectivity index (χ0n) is 9.26. The highest BCUT2D eigenvalue weighted by Gasteiger charge is 2.13. The number of rotatable bonds is 1. The van der Waals surface area contributed by atoms with Crippen molar-refractivity contribution < 1.29 is 4.84 Å². The second-order valence-electron chi connectivity index (χ2n) is 3.88. The third-order valence-electron chi connectivity index (χ3n) is 2.63. The van der Waals surface area contributed by atoms with Crippen LogP contribution in [0.1, 0.15) is 5.56 Å². The van der Waals surface area contributed by atoms with Crippen LogP contribution in [-0.2, 0) is 6.42 Å². The third-order valence-corrected chi connectivity index (χ3v) is 2.63. The smallest absolute Gasteiger partial charge is 0.158 e. The van der Waals surface area contributed by atoms with Crippen LogP contribution < -0.4 is 10.3 Å². The maximum atomic E-state index is 5.43. The topological polar surface area (TPSA) is 33.6 Å². The fraction of sp³-hybridized carbons (Fsp3) is 0.0714. The molecule has 2 aromatic rings. The predicted octanol–water partition coefficient (Wildman–Crippen LogP) is 2.86. The molecule has 0 fully saturated rings. The van der Waals surface area contributed by atoms with Crippen LogP contribution in [0.4, 0.5) is 5.69 Å². The van der Waals surface area contributed by atoms with Gasteiger partial charge in [0, 0.05) is 12.0 Å². The van der Waals surface area contributed by atoms with Crippen molar-refractivity contribution in [2.24, 2.45) is 4.99 Å². The lowest BCUT2D eigenvalue weighted by Crippen LogP contribution is -2.33. The molecular weight excluding hydrogens is 212 g/mol. The van der Waals surface area contributed by atoms with Crippen LogP contribution in [0.2, 0.25) is 0 Å². The summed E-state index contributed by atoms with van der Waals surface area (Å²) >= 11 is 0. The molecule has 17 heavy (non-hydrogen) atoms. The van der Waals surface area contributed by atoms with E-state index in [0.29, 0.717) is 0 Å². The Balaban J connectivity index is 1.87. The van der Waals surface area contributed by atoms with Crippen LogP contribution in [0, 0.1) is 0 Å². The monoisotopic (exact) mass is 224 g/mol. The van der Waals surface area contributed by atoms with E-state index in [-0.39, 0.29) is 0 Å². The van der Waals surface area contributed by atoms with Gasteiger partial charge in [0.25, 0.3) is 0 Å². The minimum absolute atomic E-state index is 0.769. The van der Waals surface area contributed by atoms with E-state index in [9.17, 15) is 0 Å². The lowest BCUT2D eigenvalue weighted by molar-refractivity contribution is 0.249. The first-order valence-electron chi connectivity index (χ1n) is 5.55. The molecule has 3 nitrogen and oxygen atoms in total. The van der Waals surface area contributed by atoms with E-state index in [0.717, 1.165) is 29.3 Å². The summed E-state index contributed by atoms with van der Waals surface area (Å²) < 4.78 is 0. The van der Waals surface area contributed by atoms with Crippen LogP contribution in [0.15, 0.2) is 59.6 Å². The Morgan fingerprint density at radius 1 is 0.941 bits per heavy atom. The zero-order valence-corrected chi connectivity index (χ0v) is 9.26. The van der Waals surface area contributed by atoms with Gasteiger partial charge in [0.1, 0.15) is 5.84 Å². The summed E-state index contributed by atoms with van der Waals surface area (Å²) in [6, 6.07) is 17.8. The highest BCUT2D eigenvalue weighted by atomic mass is 16.6. The molecule has 1 aliphatic heterocycles. The van der Waals surface area contributed by atoms with Gasteiger partial charge in [-0.15, -0.1) is 0 Å². The van der Waals surface area contributed by atoms with Crippen molar-refractivity contribution in [2.45, 2.75) is 6.42 Å². The van der Waals surface area contributed by atoms with Gasteiger partial charge in [0.2, 0.25) is 0 Å². The van der Waals surface area contributed by atoms with E-state index in [1.807, 2.05) is 48.5 Å². The Morgan fingerprint density at radius 3 is 2.59 bits per heavy atom. The quantitative estimate of drug-likeness (QED) is 0.808. The van der Waals surface area contributed by atoms with Crippen molar-refractivity contribution >= 4 is 11.5 Å². The van der Waals surface area contributed by atoms with E-state index in [1.54, 1.807) is 0 Å². The van der Waals surface area contributed by atoms with Crippen LogP contribution in [-0.4, -0.2) is 5.84 Å². The van der Waals surface area contributed by atoms with Crippen molar-refractivity contribution in [1.82, 2.24) is 5.48 Å². The number of aliphatic imine (C=N–C) groups is 1. The van der Waals surface area contributed by atoms with Crippen molar-refractivity contribution in [3.8, 4) is 5.75 Å². The number of nitrogens with zero attached hydrogens (tertiary/aromatic N) is 1. The highest BCUT2D eigenvalue weighted by Crippen LogP contribution is 2.22. The third kappa shape index (κ3) is 2.13. The average Bonchev–Trinajstić information content (AvgIpc) is 2.40. The molecule has 0 radical (unpaired) electrons. The predicted molar refractivity (Wildman–Crippen MR) is 67.4 cm³/mol. The highest BCUT2D eigenvalue weighted by molar-refractivity contribution is 5.87. The molecule has 0 unspecified atom stereocenters. The summed E-state index contributed by atoms with van der Waals surface area (Å²) in [6.45, 7) is 0. The van der Waals surface area contributed by atoms with E-state index < -0.39 is 0 Å². The van der Waals surface area contributed by atoms with Gasteiger partial charge >= 0.3 is 0 Å². The number of para-hydroxylation sites is 2. The van der Waals surface area contributed by atoms with E-state index in [4.69, 9.17) is 4.84 Å². The maximum absolute atomic E-state index is 5.43. The lowest BCUT2D eigenvalue weighted by Gasteiger charge is -2.19. The molecule has 3 rings (SSSR count). The Kier molecular flexibility index (Phi) is 2.50. The van der Waals surface area contributed by atoms with Gasteiger partial charge in [-0.2, -0.15) is 0 Å². The van der Waals surface area contributed by atoms with Gasteiger partial charge in [-0.1, -0.05) is 36.4 Å². The molecule has 0 aliphatic carbocycles. The molecule has 2 aromatic carbocycles. The Hall–Kier alpha value is -2.29. The average molecular weight is 224 g/mol. The van der Waals surface area contributed by atoms with Crippen molar-refractivity contribution in [2.75, 3.05) is 0 Å². The molecule has 0 atom stereocenters. The Morgan fingerprint density at radius 2 is 1.71 bits per heavy atom. The number of hydroxylamine groups is 1. The fourth-order valence-electron chi connectivity index (χ4n) is 1.80. The molecule has 84 valence electrons. The molecule has 0 aromatic heterocycles. The normalized spacial score (nSPS) is 15.9. The van der Waals surface area contributed by atoms with Crippen LogP contribution in [0.5, 0.6) is 5.75 Å². The summed E-state index contributed by atoms with van der Waals surface area (Å²) in [5, 5.41) is 0. The number of hydrogen-bond acceptors (Lipinski definition) is 2. The van der Waals surface area contributed by atoms with Gasteiger partial charge in [-0.3, -0.25) is 0 Å². The molecule has 0 amide bonds. The number of amidine groups is 1. The first-order valence-corrected chi connectivity index (χ1v) is 5.55. The SMILES string of the molecule is c1ccc(N=C2Cc3ccccc3ON2)cc1. The first-order chi connectivity index (χ1) is 8.42. The van der Waals surface area contributed by atoms with Crippen molar-refractivity contribution in [3.63, 3.8) is 0 Å². The number of benzene rings is 2. The molecule has 0 bridgehead atoms. The standard InChI is InChI=1S/C14H12N2O/c1-2-7-12(8-3-1)15-14-10-11-6-4-5-9-13(11)17-16-14/h1-9H,10H2,(H,15,16). The molecule has 0 saturated carbocycles. The molecule has 1 heterocycles. The second kappa shape index (κ2) is 4.29. The van der Waals surface area contributed by atoms with Crippen LogP contribution in [0.25, 0.3) is 0 Å². The van der Waals surface area contributed by atoms with Crippen LogP contribution >= 0.6 is 0 Å². The van der Waals surface area contributed by atoms with Crippen LogP contribution in [0.3, 0.4) is 0 Å². The van der Waals surface area contributed by atoms with Gasteiger partial charge in [0.15, 0.2) is 5.75 Å². The van der Waals surface area contributed by atoms with Gasteiger partial charge in [0.05, 0.1) is 5.69 Å².